The largest absolute Gasteiger partial charge is 0.381 e. The first kappa shape index (κ1) is 12.6. The lowest BCUT2D eigenvalue weighted by Gasteiger charge is -2.08. The fourth-order valence-electron chi connectivity index (χ4n) is 1.86. The summed E-state index contributed by atoms with van der Waals surface area (Å²) in [4.78, 5) is 20.1. The van der Waals surface area contributed by atoms with E-state index in [0.717, 1.165) is 24.1 Å². The number of nitrogens with one attached hydrogen (secondary N) is 2. The van der Waals surface area contributed by atoms with Crippen molar-refractivity contribution in [3.63, 3.8) is 0 Å². The molecule has 2 N–H and O–H groups in total. The van der Waals surface area contributed by atoms with Crippen molar-refractivity contribution in [1.82, 2.24) is 15.3 Å². The Labute approximate surface area is 117 Å². The van der Waals surface area contributed by atoms with Gasteiger partial charge in [0.2, 0.25) is 0 Å². The molecule has 2 aromatic heterocycles. The van der Waals surface area contributed by atoms with E-state index in [1.165, 1.54) is 0 Å². The van der Waals surface area contributed by atoms with E-state index in [1.807, 2.05) is 24.4 Å². The molecule has 2 aromatic rings. The molecule has 0 aromatic carbocycles. The van der Waals surface area contributed by atoms with E-state index in [1.54, 1.807) is 18.5 Å². The Morgan fingerprint density at radius 1 is 1.30 bits per heavy atom. The van der Waals surface area contributed by atoms with Crippen LogP contribution in [0.5, 0.6) is 0 Å². The Kier molecular flexibility index (Phi) is 3.58. The van der Waals surface area contributed by atoms with Gasteiger partial charge in [-0.3, -0.25) is 14.8 Å². The first-order chi connectivity index (χ1) is 9.81. The molecule has 5 heteroatoms. The zero-order chi connectivity index (χ0) is 13.8. The number of hydrogen-bond acceptors (Lipinski definition) is 4. The van der Waals surface area contributed by atoms with E-state index in [2.05, 4.69) is 20.6 Å². The monoisotopic (exact) mass is 268 g/mol. The van der Waals surface area contributed by atoms with Gasteiger partial charge < -0.3 is 10.6 Å². The normalized spacial score (nSPS) is 13.8. The first-order valence-electron chi connectivity index (χ1n) is 6.71. The standard InChI is InChI=1S/C15H16N4O/c20-15(19-12-3-4-12)14-8-13(5-7-17-14)18-10-11-2-1-6-16-9-11/h1-2,5-9,12H,3-4,10H2,(H,17,18)(H,19,20). The smallest absolute Gasteiger partial charge is 0.270 e. The van der Waals surface area contributed by atoms with Gasteiger partial charge in [-0.25, -0.2) is 0 Å². The number of nitrogens with zero attached hydrogens (tertiary/aromatic N) is 2. The fourth-order valence-corrected chi connectivity index (χ4v) is 1.86. The molecule has 2 heterocycles. The highest BCUT2D eigenvalue weighted by molar-refractivity contribution is 5.93. The summed E-state index contributed by atoms with van der Waals surface area (Å²) in [5.74, 6) is -0.0995. The third-order valence-corrected chi connectivity index (χ3v) is 3.12. The van der Waals surface area contributed by atoms with Gasteiger partial charge in [0.15, 0.2) is 0 Å². The second kappa shape index (κ2) is 5.69. The highest BCUT2D eigenvalue weighted by Gasteiger charge is 2.24. The lowest BCUT2D eigenvalue weighted by atomic mass is 10.2. The van der Waals surface area contributed by atoms with Gasteiger partial charge in [-0.15, -0.1) is 0 Å². The van der Waals surface area contributed by atoms with Crippen LogP contribution in [0.25, 0.3) is 0 Å². The van der Waals surface area contributed by atoms with Crippen LogP contribution in [0, 0.1) is 0 Å². The van der Waals surface area contributed by atoms with Crippen molar-refractivity contribution in [1.29, 1.82) is 0 Å². The second-order valence-electron chi connectivity index (χ2n) is 4.89. The molecule has 5 nitrogen and oxygen atoms in total. The summed E-state index contributed by atoms with van der Waals surface area (Å²) in [6.07, 6.45) is 7.36. The zero-order valence-corrected chi connectivity index (χ0v) is 11.0. The average molecular weight is 268 g/mol. The minimum atomic E-state index is -0.0995. The van der Waals surface area contributed by atoms with Gasteiger partial charge >= 0.3 is 0 Å². The summed E-state index contributed by atoms with van der Waals surface area (Å²) in [5.41, 5.74) is 2.42. The van der Waals surface area contributed by atoms with Crippen LogP contribution in [0.2, 0.25) is 0 Å². The molecule has 0 radical (unpaired) electrons. The maximum atomic E-state index is 11.9. The molecule has 0 unspecified atom stereocenters. The van der Waals surface area contributed by atoms with Crippen molar-refractivity contribution in [2.75, 3.05) is 5.32 Å². The third-order valence-electron chi connectivity index (χ3n) is 3.12. The van der Waals surface area contributed by atoms with Crippen molar-refractivity contribution < 1.29 is 4.79 Å². The predicted octanol–water partition coefficient (Wildman–Crippen LogP) is 1.98. The van der Waals surface area contributed by atoms with Crippen molar-refractivity contribution >= 4 is 11.6 Å². The molecule has 0 bridgehead atoms. The lowest BCUT2D eigenvalue weighted by Crippen LogP contribution is -2.26. The van der Waals surface area contributed by atoms with Crippen LogP contribution in [0.3, 0.4) is 0 Å². The lowest BCUT2D eigenvalue weighted by molar-refractivity contribution is 0.0946. The number of carbonyl (C=O) groups excluding carboxylic acids is 1. The molecule has 1 saturated carbocycles. The van der Waals surface area contributed by atoms with Gasteiger partial charge in [0.25, 0.3) is 5.91 Å². The predicted molar refractivity (Wildman–Crippen MR) is 76.3 cm³/mol. The van der Waals surface area contributed by atoms with Gasteiger partial charge in [-0.05, 0) is 36.6 Å². The van der Waals surface area contributed by atoms with E-state index in [0.29, 0.717) is 18.3 Å². The highest BCUT2D eigenvalue weighted by Crippen LogP contribution is 2.19. The van der Waals surface area contributed by atoms with Crippen LogP contribution in [-0.4, -0.2) is 21.9 Å². The van der Waals surface area contributed by atoms with Crippen LogP contribution in [0.15, 0.2) is 42.9 Å². The Morgan fingerprint density at radius 3 is 2.95 bits per heavy atom. The summed E-state index contributed by atoms with van der Waals surface area (Å²) < 4.78 is 0. The summed E-state index contributed by atoms with van der Waals surface area (Å²) in [7, 11) is 0. The van der Waals surface area contributed by atoms with Crippen molar-refractivity contribution in [2.24, 2.45) is 0 Å². The topological polar surface area (TPSA) is 66.9 Å². The van der Waals surface area contributed by atoms with Gasteiger partial charge in [-0.1, -0.05) is 6.07 Å². The summed E-state index contributed by atoms with van der Waals surface area (Å²) in [6, 6.07) is 7.87. The van der Waals surface area contributed by atoms with E-state index in [9.17, 15) is 4.79 Å². The number of pyridine rings is 2. The van der Waals surface area contributed by atoms with Crippen LogP contribution < -0.4 is 10.6 Å². The maximum absolute atomic E-state index is 11.9. The van der Waals surface area contributed by atoms with Crippen LogP contribution in [-0.2, 0) is 6.54 Å². The molecule has 1 amide bonds. The molecule has 1 aliphatic rings. The van der Waals surface area contributed by atoms with Crippen LogP contribution in [0.1, 0.15) is 28.9 Å². The molecule has 20 heavy (non-hydrogen) atoms. The van der Waals surface area contributed by atoms with Crippen molar-refractivity contribution in [3.8, 4) is 0 Å². The van der Waals surface area contributed by atoms with Gasteiger partial charge in [0.1, 0.15) is 5.69 Å². The Bertz CT molecular complexity index is 596. The van der Waals surface area contributed by atoms with Crippen LogP contribution in [0.4, 0.5) is 5.69 Å². The molecule has 1 aliphatic carbocycles. The number of hydrogen-bond donors (Lipinski definition) is 2. The zero-order valence-electron chi connectivity index (χ0n) is 11.0. The average Bonchev–Trinajstić information content (AvgIpc) is 3.30. The molecular formula is C15H16N4O. The van der Waals surface area contributed by atoms with Gasteiger partial charge in [-0.2, -0.15) is 0 Å². The van der Waals surface area contributed by atoms with E-state index < -0.39 is 0 Å². The number of carbonyl (C=O) groups is 1. The Morgan fingerprint density at radius 2 is 2.20 bits per heavy atom. The fraction of sp³-hybridized carbons (Fsp3) is 0.267. The Hall–Kier alpha value is -2.43. The second-order valence-corrected chi connectivity index (χ2v) is 4.89. The molecule has 0 spiro atoms. The first-order valence-corrected chi connectivity index (χ1v) is 6.71. The van der Waals surface area contributed by atoms with Gasteiger partial charge in [0.05, 0.1) is 0 Å². The number of aromatic nitrogens is 2. The minimum absolute atomic E-state index is 0.0995. The highest BCUT2D eigenvalue weighted by atomic mass is 16.2. The SMILES string of the molecule is O=C(NC1CC1)c1cc(NCc2cccnc2)ccn1. The summed E-state index contributed by atoms with van der Waals surface area (Å²) in [5, 5.41) is 6.20. The molecule has 0 aliphatic heterocycles. The molecule has 0 atom stereocenters. The minimum Gasteiger partial charge on any atom is -0.381 e. The number of rotatable bonds is 5. The molecule has 1 fully saturated rings. The molecule has 3 rings (SSSR count). The third kappa shape index (κ3) is 3.32. The van der Waals surface area contributed by atoms with E-state index in [-0.39, 0.29) is 5.91 Å². The molecule has 102 valence electrons. The number of amides is 1. The quantitative estimate of drug-likeness (QED) is 0.870. The maximum Gasteiger partial charge on any atom is 0.270 e. The van der Waals surface area contributed by atoms with E-state index >= 15 is 0 Å². The van der Waals surface area contributed by atoms with Gasteiger partial charge in [0, 0.05) is 36.9 Å². The van der Waals surface area contributed by atoms with Crippen LogP contribution >= 0.6 is 0 Å². The molecular weight excluding hydrogens is 252 g/mol. The van der Waals surface area contributed by atoms with Crippen molar-refractivity contribution in [2.45, 2.75) is 25.4 Å². The van der Waals surface area contributed by atoms with E-state index in [4.69, 9.17) is 0 Å². The Balaban J connectivity index is 1.63. The van der Waals surface area contributed by atoms with Crippen molar-refractivity contribution in [3.05, 3.63) is 54.1 Å². The molecule has 0 saturated heterocycles. The summed E-state index contributed by atoms with van der Waals surface area (Å²) in [6.45, 7) is 0.668. The summed E-state index contributed by atoms with van der Waals surface area (Å²) >= 11 is 0. The number of anilines is 1.